The molecule has 0 aliphatic heterocycles. The van der Waals surface area contributed by atoms with Crippen LogP contribution < -0.4 is 0 Å². The highest BCUT2D eigenvalue weighted by Gasteiger charge is 2.68. The molecule has 0 aliphatic rings. The van der Waals surface area contributed by atoms with Gasteiger partial charge in [-0.1, -0.05) is 0 Å². The van der Waals surface area contributed by atoms with E-state index in [-0.39, 0.29) is 0 Å². The molecule has 0 N–H and O–H groups in total. The van der Waals surface area contributed by atoms with Gasteiger partial charge in [-0.2, -0.15) is 65.9 Å². The van der Waals surface area contributed by atoms with Crippen LogP contribution in [0.2, 0.25) is 0 Å². The molecule has 0 fully saturated rings. The van der Waals surface area contributed by atoms with E-state index in [1.165, 1.54) is 0 Å². The van der Waals surface area contributed by atoms with Gasteiger partial charge in [0.1, 0.15) is 0 Å². The fourth-order valence-corrected chi connectivity index (χ4v) is 1.91. The molecule has 152 valence electrons. The quantitative estimate of drug-likeness (QED) is 0.463. The smallest absolute Gasteiger partial charge is 0.308 e. The van der Waals surface area contributed by atoms with Crippen molar-refractivity contribution in [2.24, 2.45) is 0 Å². The second-order valence-electron chi connectivity index (χ2n) is 3.69. The second kappa shape index (κ2) is 6.65. The van der Waals surface area contributed by atoms with Crippen molar-refractivity contribution in [3.63, 3.8) is 0 Å². The summed E-state index contributed by atoms with van der Waals surface area (Å²) in [5, 5.41) is 0. The summed E-state index contributed by atoms with van der Waals surface area (Å²) >= 11 is 0. The zero-order valence-corrected chi connectivity index (χ0v) is 11.6. The van der Waals surface area contributed by atoms with E-state index in [0.29, 0.717) is 0 Å². The van der Waals surface area contributed by atoms with E-state index >= 15 is 0 Å². The molecule has 0 atom stereocenters. The summed E-state index contributed by atoms with van der Waals surface area (Å²) < 4.78 is 187. The molecule has 0 rings (SSSR count). The molecular weight excluding hydrogens is 433 g/mol. The van der Waals surface area contributed by atoms with Gasteiger partial charge in [-0.15, -0.1) is 0 Å². The summed E-state index contributed by atoms with van der Waals surface area (Å²) in [5.74, 6) is 0. The molecule has 0 heterocycles. The minimum atomic E-state index is -6.90. The molecule has 0 saturated carbocycles. The lowest BCUT2D eigenvalue weighted by Gasteiger charge is -2.30. The molecule has 0 radical (unpaired) electrons. The lowest BCUT2D eigenvalue weighted by Crippen LogP contribution is -2.54. The summed E-state index contributed by atoms with van der Waals surface area (Å²) in [6.45, 7) is 0. The number of hydrogen-bond donors (Lipinski definition) is 0. The van der Waals surface area contributed by atoms with Crippen LogP contribution in [0.4, 0.5) is 65.9 Å². The predicted molar refractivity (Wildman–Crippen MR) is 43.4 cm³/mol. The van der Waals surface area contributed by atoms with Crippen LogP contribution in [-0.2, 0) is 13.3 Å². The number of rotatable bonds is 6. The topological polar surface area (TPSA) is 27.7 Å². The summed E-state index contributed by atoms with van der Waals surface area (Å²) in [6, 6.07) is 0. The first kappa shape index (κ1) is 24.0. The molecule has 25 heavy (non-hydrogen) atoms. The van der Waals surface area contributed by atoms with E-state index in [0.717, 1.165) is 0 Å². The Kier molecular flexibility index (Phi) is 6.40. The highest BCUT2D eigenvalue weighted by atomic mass is 28.3. The van der Waals surface area contributed by atoms with Crippen LogP contribution in [0.1, 0.15) is 0 Å². The van der Waals surface area contributed by atoms with E-state index in [2.05, 4.69) is 13.3 Å². The molecule has 0 aromatic rings. The third kappa shape index (κ3) is 6.06. The molecule has 0 spiro atoms. The van der Waals surface area contributed by atoms with Crippen LogP contribution in [0, 0.1) is 0 Å². The lowest BCUT2D eigenvalue weighted by atomic mass is 10.6. The van der Waals surface area contributed by atoms with Crippen LogP contribution >= 0.6 is 0 Å². The first-order valence-corrected chi connectivity index (χ1v) is 6.32. The van der Waals surface area contributed by atoms with Gasteiger partial charge in [0.15, 0.2) is 0 Å². The molecule has 19 heteroatoms. The molecular formula is C6HF15O3Si. The van der Waals surface area contributed by atoms with Gasteiger partial charge in [-0.3, -0.25) is 0 Å². The van der Waals surface area contributed by atoms with Crippen molar-refractivity contribution in [3.05, 3.63) is 0 Å². The Morgan fingerprint density at radius 2 is 0.520 bits per heavy atom. The molecule has 0 unspecified atom stereocenters. The zero-order valence-electron chi connectivity index (χ0n) is 10.5. The molecule has 0 amide bonds. The van der Waals surface area contributed by atoms with Crippen LogP contribution in [0.5, 0.6) is 0 Å². The first-order chi connectivity index (χ1) is 10.5. The standard InChI is InChI=1S/C6HF15O3Si/c7-1(8,9)4(16,17)22-25(23-5(18,19)2(10,11)12)24-6(20,21)3(13,14)15/h25H. The van der Waals surface area contributed by atoms with Crippen molar-refractivity contribution >= 4 is 9.53 Å². The molecule has 0 saturated heterocycles. The zero-order chi connectivity index (χ0) is 20.7. The number of halogens is 15. The summed E-state index contributed by atoms with van der Waals surface area (Å²) in [5.41, 5.74) is 0. The van der Waals surface area contributed by atoms with Gasteiger partial charge in [0.2, 0.25) is 0 Å². The highest BCUT2D eigenvalue weighted by Crippen LogP contribution is 2.43. The Bertz CT molecular complexity index is 383. The van der Waals surface area contributed by atoms with E-state index < -0.39 is 46.4 Å². The molecule has 0 aromatic carbocycles. The Morgan fingerprint density at radius 3 is 0.640 bits per heavy atom. The predicted octanol–water partition coefficient (Wildman–Crippen LogP) is 4.22. The van der Waals surface area contributed by atoms with E-state index in [4.69, 9.17) is 0 Å². The maximum Gasteiger partial charge on any atom is 0.497 e. The van der Waals surface area contributed by atoms with Gasteiger partial charge in [-0.25, -0.2) is 0 Å². The van der Waals surface area contributed by atoms with Crippen LogP contribution in [0.25, 0.3) is 0 Å². The van der Waals surface area contributed by atoms with Crippen molar-refractivity contribution in [2.75, 3.05) is 0 Å². The average molecular weight is 434 g/mol. The van der Waals surface area contributed by atoms with Crippen LogP contribution in [0.3, 0.4) is 0 Å². The molecule has 0 aliphatic carbocycles. The Labute approximate surface area is 127 Å². The highest BCUT2D eigenvalue weighted by molar-refractivity contribution is 6.36. The van der Waals surface area contributed by atoms with Gasteiger partial charge in [0.25, 0.3) is 0 Å². The van der Waals surface area contributed by atoms with Gasteiger partial charge in [0.05, 0.1) is 0 Å². The maximum absolute atomic E-state index is 12.4. The fourth-order valence-electron chi connectivity index (χ4n) is 0.635. The third-order valence-corrected chi connectivity index (χ3v) is 3.19. The monoisotopic (exact) mass is 434 g/mol. The number of hydrogen-bond acceptors (Lipinski definition) is 3. The summed E-state index contributed by atoms with van der Waals surface area (Å²) in [4.78, 5) is 0. The van der Waals surface area contributed by atoms with Crippen LogP contribution in [0.15, 0.2) is 0 Å². The first-order valence-electron chi connectivity index (χ1n) is 4.90. The number of alkyl halides is 15. The van der Waals surface area contributed by atoms with Crippen molar-refractivity contribution in [1.82, 2.24) is 0 Å². The third-order valence-electron chi connectivity index (χ3n) is 1.72. The molecule has 0 aromatic heterocycles. The normalized spacial score (nSPS) is 15.8. The molecule has 3 nitrogen and oxygen atoms in total. The lowest BCUT2D eigenvalue weighted by molar-refractivity contribution is -0.415. The van der Waals surface area contributed by atoms with Crippen molar-refractivity contribution in [2.45, 2.75) is 36.9 Å². The average Bonchev–Trinajstić information content (AvgIpc) is 2.21. The SMILES string of the molecule is FC(F)(F)C(F)(F)O[SiH](OC(F)(F)C(F)(F)F)OC(F)(F)C(F)(F)F. The summed E-state index contributed by atoms with van der Waals surface area (Å²) in [6.07, 6.45) is -40.9. The minimum Gasteiger partial charge on any atom is -0.308 e. The van der Waals surface area contributed by atoms with Crippen molar-refractivity contribution < 1.29 is 79.1 Å². The Morgan fingerprint density at radius 1 is 0.360 bits per heavy atom. The molecule has 0 bridgehead atoms. The Balaban J connectivity index is 5.70. The largest absolute Gasteiger partial charge is 0.497 e. The minimum absolute atomic E-state index is 2.14. The van der Waals surface area contributed by atoms with Crippen molar-refractivity contribution in [1.29, 1.82) is 0 Å². The van der Waals surface area contributed by atoms with Gasteiger partial charge < -0.3 is 13.3 Å². The van der Waals surface area contributed by atoms with E-state index in [1.54, 1.807) is 0 Å². The maximum atomic E-state index is 12.4. The summed E-state index contributed by atoms with van der Waals surface area (Å²) in [7, 11) is -6.82. The fraction of sp³-hybridized carbons (Fsp3) is 1.00. The van der Waals surface area contributed by atoms with Gasteiger partial charge in [0, 0.05) is 0 Å². The van der Waals surface area contributed by atoms with Crippen molar-refractivity contribution in [3.8, 4) is 0 Å². The van der Waals surface area contributed by atoms with Crippen LogP contribution in [-0.4, -0.2) is 46.4 Å². The second-order valence-corrected chi connectivity index (χ2v) is 4.97. The van der Waals surface area contributed by atoms with Gasteiger partial charge >= 0.3 is 46.4 Å². The van der Waals surface area contributed by atoms with E-state index in [9.17, 15) is 65.9 Å². The van der Waals surface area contributed by atoms with E-state index in [1.807, 2.05) is 0 Å². The van der Waals surface area contributed by atoms with Gasteiger partial charge in [-0.05, 0) is 0 Å². The Hall–Kier alpha value is -0.953.